The van der Waals surface area contributed by atoms with Gasteiger partial charge in [0.1, 0.15) is 0 Å². The molecule has 0 aliphatic carbocycles. The summed E-state index contributed by atoms with van der Waals surface area (Å²) in [5, 5.41) is 0. The molecule has 2 amide bonds. The molecule has 0 aromatic heterocycles. The fourth-order valence-corrected chi connectivity index (χ4v) is 5.19. The molecule has 5 nitrogen and oxygen atoms in total. The van der Waals surface area contributed by atoms with E-state index in [9.17, 15) is 9.59 Å². The van der Waals surface area contributed by atoms with Gasteiger partial charge in [0.05, 0.1) is 5.41 Å². The smallest absolute Gasteiger partial charge is 0.253 e. The first-order chi connectivity index (χ1) is 12.6. The minimum absolute atomic E-state index is 0.0944. The summed E-state index contributed by atoms with van der Waals surface area (Å²) in [6.07, 6.45) is 4.85. The van der Waals surface area contributed by atoms with E-state index in [-0.39, 0.29) is 17.4 Å². The molecule has 0 spiro atoms. The van der Waals surface area contributed by atoms with Crippen LogP contribution < -0.4 is 0 Å². The molecule has 0 bridgehead atoms. The van der Waals surface area contributed by atoms with Gasteiger partial charge in [-0.05, 0) is 57.8 Å². The van der Waals surface area contributed by atoms with Crippen LogP contribution in [-0.2, 0) is 4.79 Å². The van der Waals surface area contributed by atoms with E-state index < -0.39 is 0 Å². The number of benzene rings is 1. The van der Waals surface area contributed by atoms with Gasteiger partial charge in [0.2, 0.25) is 5.91 Å². The molecule has 3 heterocycles. The molecule has 3 fully saturated rings. The van der Waals surface area contributed by atoms with Crippen molar-refractivity contribution in [3.8, 4) is 0 Å². The number of hydrogen-bond acceptors (Lipinski definition) is 3. The summed E-state index contributed by atoms with van der Waals surface area (Å²) in [5.74, 6) is 0.440. The van der Waals surface area contributed by atoms with Gasteiger partial charge in [-0.25, -0.2) is 0 Å². The van der Waals surface area contributed by atoms with E-state index in [1.54, 1.807) is 0 Å². The minimum Gasteiger partial charge on any atom is -0.342 e. The van der Waals surface area contributed by atoms with Gasteiger partial charge in [-0.1, -0.05) is 18.2 Å². The lowest BCUT2D eigenvalue weighted by Crippen LogP contribution is -2.49. The number of fused-ring (bicyclic) bond motifs is 1. The van der Waals surface area contributed by atoms with Crippen LogP contribution in [0.3, 0.4) is 0 Å². The van der Waals surface area contributed by atoms with Gasteiger partial charge in [0.15, 0.2) is 0 Å². The molecule has 3 aliphatic heterocycles. The van der Waals surface area contributed by atoms with Crippen molar-refractivity contribution in [1.82, 2.24) is 14.7 Å². The van der Waals surface area contributed by atoms with Gasteiger partial charge in [-0.15, -0.1) is 0 Å². The second-order valence-corrected chi connectivity index (χ2v) is 8.10. The Labute approximate surface area is 155 Å². The summed E-state index contributed by atoms with van der Waals surface area (Å²) in [7, 11) is 2.14. The van der Waals surface area contributed by atoms with Crippen LogP contribution in [-0.4, -0.2) is 72.3 Å². The lowest BCUT2D eigenvalue weighted by Gasteiger charge is -2.37. The number of likely N-dealkylation sites (tertiary alicyclic amines) is 3. The lowest BCUT2D eigenvalue weighted by molar-refractivity contribution is -0.142. The first-order valence-corrected chi connectivity index (χ1v) is 9.96. The topological polar surface area (TPSA) is 43.9 Å². The average Bonchev–Trinajstić information content (AvgIpc) is 3.26. The second-order valence-electron chi connectivity index (χ2n) is 8.10. The van der Waals surface area contributed by atoms with E-state index in [0.29, 0.717) is 12.5 Å². The summed E-state index contributed by atoms with van der Waals surface area (Å²) in [5.41, 5.74) is 0.443. The van der Waals surface area contributed by atoms with Crippen LogP contribution in [0.25, 0.3) is 0 Å². The maximum Gasteiger partial charge on any atom is 0.253 e. The number of rotatable bonds is 2. The quantitative estimate of drug-likeness (QED) is 0.817. The molecule has 5 heteroatoms. The van der Waals surface area contributed by atoms with Gasteiger partial charge in [0, 0.05) is 37.8 Å². The van der Waals surface area contributed by atoms with E-state index in [1.165, 1.54) is 0 Å². The van der Waals surface area contributed by atoms with Crippen molar-refractivity contribution in [2.75, 3.05) is 39.8 Å². The van der Waals surface area contributed by atoms with Gasteiger partial charge >= 0.3 is 0 Å². The molecule has 0 unspecified atom stereocenters. The molecule has 1 aromatic rings. The zero-order chi connectivity index (χ0) is 18.1. The highest BCUT2D eigenvalue weighted by Crippen LogP contribution is 2.45. The maximum atomic E-state index is 13.4. The van der Waals surface area contributed by atoms with E-state index in [0.717, 1.165) is 63.8 Å². The number of amides is 2. The zero-order valence-electron chi connectivity index (χ0n) is 15.7. The van der Waals surface area contributed by atoms with Gasteiger partial charge < -0.3 is 14.7 Å². The van der Waals surface area contributed by atoms with Crippen molar-refractivity contribution in [1.29, 1.82) is 0 Å². The first-order valence-electron chi connectivity index (χ1n) is 9.96. The standard InChI is InChI=1S/C21H29N3O2/c1-22-15-10-21(20(26)24-12-5-6-13-24)11-16-23(14-9-18(21)22)19(25)17-7-3-2-4-8-17/h2-4,7-8,18H,5-6,9-16H2,1H3/t18-,21-/m1/s1. The predicted octanol–water partition coefficient (Wildman–Crippen LogP) is 2.24. The highest BCUT2D eigenvalue weighted by Gasteiger charge is 2.54. The number of nitrogens with zero attached hydrogens (tertiary/aromatic N) is 3. The fourth-order valence-electron chi connectivity index (χ4n) is 5.19. The van der Waals surface area contributed by atoms with Crippen LogP contribution in [0.4, 0.5) is 0 Å². The van der Waals surface area contributed by atoms with Crippen molar-refractivity contribution in [3.05, 3.63) is 35.9 Å². The summed E-state index contributed by atoms with van der Waals surface area (Å²) >= 11 is 0. The summed E-state index contributed by atoms with van der Waals surface area (Å²) in [6, 6.07) is 9.76. The number of carbonyl (C=O) groups excluding carboxylic acids is 2. The maximum absolute atomic E-state index is 13.4. The Morgan fingerprint density at radius 2 is 1.62 bits per heavy atom. The lowest BCUT2D eigenvalue weighted by atomic mass is 9.75. The van der Waals surface area contributed by atoms with Crippen LogP contribution in [0, 0.1) is 5.41 Å². The molecule has 1 aromatic carbocycles. The molecule has 2 atom stereocenters. The molecular weight excluding hydrogens is 326 g/mol. The third-order valence-electron chi connectivity index (χ3n) is 6.71. The van der Waals surface area contributed by atoms with E-state index in [4.69, 9.17) is 0 Å². The molecule has 140 valence electrons. The van der Waals surface area contributed by atoms with Crippen LogP contribution >= 0.6 is 0 Å². The zero-order valence-corrected chi connectivity index (χ0v) is 15.7. The summed E-state index contributed by atoms with van der Waals surface area (Å²) in [6.45, 7) is 4.21. The van der Waals surface area contributed by atoms with E-state index >= 15 is 0 Å². The van der Waals surface area contributed by atoms with Gasteiger partial charge in [-0.2, -0.15) is 0 Å². The molecular formula is C21H29N3O2. The molecule has 0 N–H and O–H groups in total. The van der Waals surface area contributed by atoms with Gasteiger partial charge in [-0.3, -0.25) is 9.59 Å². The average molecular weight is 355 g/mol. The number of hydrogen-bond donors (Lipinski definition) is 0. The van der Waals surface area contributed by atoms with E-state index in [2.05, 4.69) is 16.8 Å². The Morgan fingerprint density at radius 3 is 2.35 bits per heavy atom. The molecule has 3 aliphatic rings. The van der Waals surface area contributed by atoms with Crippen molar-refractivity contribution in [3.63, 3.8) is 0 Å². The number of carbonyl (C=O) groups is 2. The molecule has 4 rings (SSSR count). The largest absolute Gasteiger partial charge is 0.342 e. The Kier molecular flexibility index (Phi) is 4.74. The Morgan fingerprint density at radius 1 is 0.923 bits per heavy atom. The highest BCUT2D eigenvalue weighted by atomic mass is 16.2. The van der Waals surface area contributed by atoms with Crippen molar-refractivity contribution in [2.45, 2.75) is 38.1 Å². The van der Waals surface area contributed by atoms with Crippen molar-refractivity contribution in [2.24, 2.45) is 5.41 Å². The highest BCUT2D eigenvalue weighted by molar-refractivity contribution is 5.94. The molecule has 0 saturated carbocycles. The van der Waals surface area contributed by atoms with E-state index in [1.807, 2.05) is 35.2 Å². The predicted molar refractivity (Wildman–Crippen MR) is 101 cm³/mol. The first kappa shape index (κ1) is 17.5. The van der Waals surface area contributed by atoms with Crippen LogP contribution in [0.1, 0.15) is 42.5 Å². The van der Waals surface area contributed by atoms with Gasteiger partial charge in [0.25, 0.3) is 5.91 Å². The Bertz CT molecular complexity index is 671. The minimum atomic E-state index is -0.301. The molecule has 26 heavy (non-hydrogen) atoms. The molecule has 3 saturated heterocycles. The second kappa shape index (κ2) is 7.03. The van der Waals surface area contributed by atoms with Crippen molar-refractivity contribution < 1.29 is 9.59 Å². The SMILES string of the molecule is CN1CC[C@@]2(C(=O)N3CCCC3)CCN(C(=O)c3ccccc3)CC[C@@H]12. The Hall–Kier alpha value is -1.88. The summed E-state index contributed by atoms with van der Waals surface area (Å²) < 4.78 is 0. The van der Waals surface area contributed by atoms with Crippen molar-refractivity contribution >= 4 is 11.8 Å². The third kappa shape index (κ3) is 2.92. The fraction of sp³-hybridized carbons (Fsp3) is 0.619. The normalized spacial score (nSPS) is 29.5. The van der Waals surface area contributed by atoms with Crippen LogP contribution in [0.2, 0.25) is 0 Å². The Balaban J connectivity index is 1.56. The molecule has 0 radical (unpaired) electrons. The summed E-state index contributed by atoms with van der Waals surface area (Å²) in [4.78, 5) is 32.7. The van der Waals surface area contributed by atoms with Crippen LogP contribution in [0.15, 0.2) is 30.3 Å². The monoisotopic (exact) mass is 355 g/mol. The van der Waals surface area contributed by atoms with Crippen LogP contribution in [0.5, 0.6) is 0 Å². The third-order valence-corrected chi connectivity index (χ3v) is 6.71.